The zero-order chi connectivity index (χ0) is 49.7. The first-order valence-electron chi connectivity index (χ1n) is 20.3. The van der Waals surface area contributed by atoms with Crippen molar-refractivity contribution in [2.75, 3.05) is 26.4 Å². The van der Waals surface area contributed by atoms with Gasteiger partial charge in [-0.3, -0.25) is 14.4 Å². The molecule has 30 heteroatoms. The number of carboxylic acids is 2. The molecule has 0 bridgehead atoms. The smallest absolute Gasteiger partial charge is 0.364 e. The molecule has 0 saturated carbocycles. The fourth-order valence-electron chi connectivity index (χ4n) is 8.04. The van der Waals surface area contributed by atoms with Crippen LogP contribution >= 0.6 is 0 Å². The Morgan fingerprint density at radius 3 is 1.50 bits per heavy atom. The number of aliphatic hydroxyl groups excluding tert-OH is 13. The van der Waals surface area contributed by atoms with E-state index in [1.807, 2.05) is 0 Å². The third-order valence-electron chi connectivity index (χ3n) is 11.4. The van der Waals surface area contributed by atoms with Crippen LogP contribution in [0.3, 0.4) is 0 Å². The fourth-order valence-corrected chi connectivity index (χ4v) is 8.04. The number of carbonyl (C=O) groups is 5. The van der Waals surface area contributed by atoms with E-state index >= 15 is 0 Å². The molecular formula is C36H59N3O27. The molecule has 22 atom stereocenters. The van der Waals surface area contributed by atoms with Crippen molar-refractivity contribution >= 4 is 29.7 Å². The summed E-state index contributed by atoms with van der Waals surface area (Å²) in [6.07, 6.45) is -38.0. The van der Waals surface area contributed by atoms with Crippen molar-refractivity contribution in [2.45, 2.75) is 167 Å². The molecule has 4 aliphatic rings. The van der Waals surface area contributed by atoms with Crippen molar-refractivity contribution in [3.8, 4) is 0 Å². The Bertz CT molecular complexity index is 1680. The van der Waals surface area contributed by atoms with Gasteiger partial charge in [-0.25, -0.2) is 9.59 Å². The molecule has 0 aromatic rings. The van der Waals surface area contributed by atoms with Crippen LogP contribution in [0.2, 0.25) is 0 Å². The van der Waals surface area contributed by atoms with Crippen LogP contribution in [0.1, 0.15) is 33.6 Å². The van der Waals surface area contributed by atoms with Gasteiger partial charge in [0.05, 0.1) is 50.7 Å². The Labute approximate surface area is 373 Å². The highest BCUT2D eigenvalue weighted by atomic mass is 16.8. The van der Waals surface area contributed by atoms with Crippen molar-refractivity contribution in [3.63, 3.8) is 0 Å². The summed E-state index contributed by atoms with van der Waals surface area (Å²) in [6, 6.07) is -5.07. The van der Waals surface area contributed by atoms with Crippen LogP contribution in [0.25, 0.3) is 0 Å². The summed E-state index contributed by atoms with van der Waals surface area (Å²) in [7, 11) is 0. The molecule has 4 fully saturated rings. The molecule has 30 nitrogen and oxygen atoms in total. The lowest BCUT2D eigenvalue weighted by atomic mass is 9.88. The molecule has 4 heterocycles. The van der Waals surface area contributed by atoms with Gasteiger partial charge in [-0.15, -0.1) is 0 Å². The summed E-state index contributed by atoms with van der Waals surface area (Å²) in [4.78, 5) is 61.8. The minimum absolute atomic E-state index is 0.790. The SMILES string of the molecule is CC(=O)N[C@H]1[C@H]([C@H](O)[C@H](O)CO)O[C@@](OC[C@H]2OC(O)[C@H](NC(C)=O)[C@@H](O[C@@H]3O[C@H](CO)[C@H](O)[C@H](O[C@]4(C(=O)O)C[C@H](O)[C@@H](NC(C)=O)[C@H]([C@H](O)[C@H](O)CO)O4)[C@H]3O)[C@H]2O)(C(=O)O)C[C@@H]1O. The van der Waals surface area contributed by atoms with Gasteiger partial charge in [0.1, 0.15) is 85.4 Å². The first-order chi connectivity index (χ1) is 30.8. The third-order valence-corrected chi connectivity index (χ3v) is 11.4. The minimum atomic E-state index is -3.19. The average molecular weight is 966 g/mol. The second kappa shape index (κ2) is 22.8. The van der Waals surface area contributed by atoms with Crippen LogP contribution < -0.4 is 16.0 Å². The molecule has 4 rings (SSSR count). The van der Waals surface area contributed by atoms with E-state index in [1.54, 1.807) is 0 Å². The number of amides is 3. The Morgan fingerprint density at radius 1 is 0.621 bits per heavy atom. The van der Waals surface area contributed by atoms with Crippen LogP contribution in [-0.4, -0.2) is 267 Å². The Balaban J connectivity index is 1.66. The maximum Gasteiger partial charge on any atom is 0.364 e. The first-order valence-corrected chi connectivity index (χ1v) is 20.3. The summed E-state index contributed by atoms with van der Waals surface area (Å²) < 4.78 is 39.1. The van der Waals surface area contributed by atoms with Crippen molar-refractivity contribution in [1.82, 2.24) is 16.0 Å². The molecule has 0 spiro atoms. The molecule has 380 valence electrons. The third kappa shape index (κ3) is 12.0. The van der Waals surface area contributed by atoms with E-state index in [9.17, 15) is 101 Å². The van der Waals surface area contributed by atoms with Gasteiger partial charge in [0.25, 0.3) is 11.6 Å². The van der Waals surface area contributed by atoms with Crippen LogP contribution in [0.15, 0.2) is 0 Å². The molecule has 0 aromatic carbocycles. The maximum atomic E-state index is 12.9. The van der Waals surface area contributed by atoms with E-state index < -0.39 is 203 Å². The fraction of sp³-hybridized carbons (Fsp3) is 0.861. The normalized spacial score (nSPS) is 41.4. The quantitative estimate of drug-likeness (QED) is 0.0571. The highest BCUT2D eigenvalue weighted by Gasteiger charge is 2.61. The first kappa shape index (κ1) is 55.1. The summed E-state index contributed by atoms with van der Waals surface area (Å²) in [5.74, 6) is -12.7. The Hall–Kier alpha value is -3.45. The number of hydrogen-bond acceptors (Lipinski definition) is 25. The van der Waals surface area contributed by atoms with Crippen LogP contribution in [0.5, 0.6) is 0 Å². The topological polar surface area (TPSA) is 490 Å². The number of carbonyl (C=O) groups excluding carboxylic acids is 3. The van der Waals surface area contributed by atoms with E-state index in [4.69, 9.17) is 33.2 Å². The van der Waals surface area contributed by atoms with Gasteiger partial charge in [0, 0.05) is 33.6 Å². The van der Waals surface area contributed by atoms with Crippen molar-refractivity contribution in [1.29, 1.82) is 0 Å². The van der Waals surface area contributed by atoms with Gasteiger partial charge >= 0.3 is 11.9 Å². The standard InChI is InChI=1S/C36H59N3O27/c1-10(43)37-19-13(46)4-35(33(56)57,64-28(19)22(50)15(48)6-40)60-9-18-25(53)27(21(31(55)61-18)39-12(3)45)63-32-26(54)30(24(52)17(8-42)62-32)66-36(34(58)59)5-14(47)20(38-11(2)44)29(65-36)23(51)16(49)7-41/h13-32,40-42,46-55H,4-9H2,1-3H3,(H,37,43)(H,38,44)(H,39,45)(H,56,57)(H,58,59)/t13-,14-,15+,16+,17+,18+,19+,20+,21+,22+,23+,24-,25-,26+,27+,28+,29+,30-,31?,32-,35+,36-/m0/s1. The molecule has 18 N–H and O–H groups in total. The van der Waals surface area contributed by atoms with Crippen molar-refractivity contribution in [2.24, 2.45) is 0 Å². The van der Waals surface area contributed by atoms with E-state index in [2.05, 4.69) is 16.0 Å². The minimum Gasteiger partial charge on any atom is -0.477 e. The summed E-state index contributed by atoms with van der Waals surface area (Å²) in [6.45, 7) is -1.53. The van der Waals surface area contributed by atoms with E-state index in [1.165, 1.54) is 0 Å². The lowest BCUT2D eigenvalue weighted by Crippen LogP contribution is -2.71. The molecule has 0 aromatic heterocycles. The van der Waals surface area contributed by atoms with E-state index in [0.717, 1.165) is 20.8 Å². The summed E-state index contributed by atoms with van der Waals surface area (Å²) >= 11 is 0. The molecule has 66 heavy (non-hydrogen) atoms. The molecule has 1 unspecified atom stereocenters. The zero-order valence-corrected chi connectivity index (χ0v) is 35.4. The van der Waals surface area contributed by atoms with Crippen molar-refractivity contribution < 1.29 is 134 Å². The highest BCUT2D eigenvalue weighted by Crippen LogP contribution is 2.39. The Kier molecular flexibility index (Phi) is 19.0. The molecular weight excluding hydrogens is 906 g/mol. The number of ether oxygens (including phenoxy) is 7. The maximum absolute atomic E-state index is 12.9. The van der Waals surface area contributed by atoms with Crippen molar-refractivity contribution in [3.05, 3.63) is 0 Å². The largest absolute Gasteiger partial charge is 0.477 e. The van der Waals surface area contributed by atoms with Gasteiger partial charge in [-0.2, -0.15) is 0 Å². The number of carboxylic acid groups (broad SMARTS) is 2. The van der Waals surface area contributed by atoms with E-state index in [0.29, 0.717) is 0 Å². The average Bonchev–Trinajstić information content (AvgIpc) is 3.24. The number of aliphatic hydroxyl groups is 13. The number of rotatable bonds is 19. The van der Waals surface area contributed by atoms with Crippen LogP contribution in [0.4, 0.5) is 0 Å². The molecule has 0 radical (unpaired) electrons. The predicted molar refractivity (Wildman–Crippen MR) is 203 cm³/mol. The Morgan fingerprint density at radius 2 is 1.06 bits per heavy atom. The monoisotopic (exact) mass is 965 g/mol. The van der Waals surface area contributed by atoms with Gasteiger partial charge in [-0.05, 0) is 0 Å². The van der Waals surface area contributed by atoms with Crippen LogP contribution in [0, 0.1) is 0 Å². The molecule has 4 aliphatic heterocycles. The lowest BCUT2D eigenvalue weighted by Gasteiger charge is -2.51. The number of aliphatic carboxylic acids is 2. The highest BCUT2D eigenvalue weighted by molar-refractivity contribution is 5.77. The number of hydrogen-bond donors (Lipinski definition) is 18. The van der Waals surface area contributed by atoms with Crippen LogP contribution in [-0.2, 0) is 57.1 Å². The van der Waals surface area contributed by atoms with Gasteiger partial charge in [-0.1, -0.05) is 0 Å². The van der Waals surface area contributed by atoms with Gasteiger partial charge in [0.2, 0.25) is 17.7 Å². The molecule has 4 saturated heterocycles. The summed E-state index contributed by atoms with van der Waals surface area (Å²) in [5.41, 5.74) is 0. The number of nitrogens with one attached hydrogen (secondary N) is 3. The molecule has 3 amide bonds. The predicted octanol–water partition coefficient (Wildman–Crippen LogP) is -10.9. The van der Waals surface area contributed by atoms with Gasteiger partial charge in [0.15, 0.2) is 12.6 Å². The lowest BCUT2D eigenvalue weighted by molar-refractivity contribution is -0.382. The second-order valence-electron chi connectivity index (χ2n) is 16.2. The zero-order valence-electron chi connectivity index (χ0n) is 35.4. The summed E-state index contributed by atoms with van der Waals surface area (Å²) in [5, 5.41) is 166. The van der Waals surface area contributed by atoms with Gasteiger partial charge < -0.3 is 126 Å². The van der Waals surface area contributed by atoms with E-state index in [-0.39, 0.29) is 0 Å². The molecule has 0 aliphatic carbocycles. The second-order valence-corrected chi connectivity index (χ2v) is 16.2.